The molecule has 4 nitrogen and oxygen atoms in total. The predicted octanol–water partition coefficient (Wildman–Crippen LogP) is 1.37. The van der Waals surface area contributed by atoms with Crippen LogP contribution in [0.15, 0.2) is 24.3 Å². The lowest BCUT2D eigenvalue weighted by Gasteiger charge is -2.12. The summed E-state index contributed by atoms with van der Waals surface area (Å²) in [6, 6.07) is 7.61. The molecule has 100 valence electrons. The van der Waals surface area contributed by atoms with Crippen molar-refractivity contribution in [3.63, 3.8) is 0 Å². The van der Waals surface area contributed by atoms with Crippen LogP contribution in [0, 0.1) is 6.92 Å². The van der Waals surface area contributed by atoms with Crippen molar-refractivity contribution in [1.82, 2.24) is 5.32 Å². The zero-order valence-electron chi connectivity index (χ0n) is 11.1. The molecule has 0 aliphatic carbocycles. The van der Waals surface area contributed by atoms with Gasteiger partial charge in [-0.1, -0.05) is 29.8 Å². The van der Waals surface area contributed by atoms with E-state index in [1.54, 1.807) is 7.11 Å². The summed E-state index contributed by atoms with van der Waals surface area (Å²) in [6.45, 7) is 3.20. The van der Waals surface area contributed by atoms with Gasteiger partial charge in [-0.05, 0) is 25.3 Å². The summed E-state index contributed by atoms with van der Waals surface area (Å²) in [5.41, 5.74) is 8.07. The van der Waals surface area contributed by atoms with E-state index in [-0.39, 0.29) is 5.91 Å². The quantitative estimate of drug-likeness (QED) is 0.718. The van der Waals surface area contributed by atoms with E-state index < -0.39 is 6.04 Å². The number of nitrogens with two attached hydrogens (primary N) is 1. The molecule has 0 saturated carbocycles. The highest BCUT2D eigenvalue weighted by Crippen LogP contribution is 2.03. The van der Waals surface area contributed by atoms with Crippen molar-refractivity contribution in [3.05, 3.63) is 35.4 Å². The Morgan fingerprint density at radius 2 is 2.06 bits per heavy atom. The summed E-state index contributed by atoms with van der Waals surface area (Å²) in [6.07, 6.45) is 1.45. The molecule has 0 heterocycles. The van der Waals surface area contributed by atoms with Gasteiger partial charge in [-0.25, -0.2) is 0 Å². The first-order valence-corrected chi connectivity index (χ1v) is 6.21. The number of aryl methyl sites for hydroxylation is 1. The first kappa shape index (κ1) is 14.7. The van der Waals surface area contributed by atoms with Crippen LogP contribution in [0.4, 0.5) is 0 Å². The van der Waals surface area contributed by atoms with Crippen molar-refractivity contribution < 1.29 is 9.53 Å². The zero-order valence-corrected chi connectivity index (χ0v) is 11.1. The molecule has 0 saturated heterocycles. The first-order chi connectivity index (χ1) is 8.63. The molecule has 0 aliphatic rings. The molecule has 3 N–H and O–H groups in total. The van der Waals surface area contributed by atoms with Gasteiger partial charge in [0.15, 0.2) is 0 Å². The van der Waals surface area contributed by atoms with Crippen molar-refractivity contribution >= 4 is 5.91 Å². The van der Waals surface area contributed by atoms with Crippen molar-refractivity contribution in [3.8, 4) is 0 Å². The monoisotopic (exact) mass is 250 g/mol. The largest absolute Gasteiger partial charge is 0.385 e. The van der Waals surface area contributed by atoms with Crippen LogP contribution in [0.3, 0.4) is 0 Å². The Labute approximate surface area is 109 Å². The molecule has 1 amide bonds. The van der Waals surface area contributed by atoms with Gasteiger partial charge in [0.25, 0.3) is 0 Å². The van der Waals surface area contributed by atoms with Crippen molar-refractivity contribution in [2.24, 2.45) is 5.73 Å². The molecule has 0 fully saturated rings. The number of carbonyl (C=O) groups excluding carboxylic acids is 1. The van der Waals surface area contributed by atoms with Crippen molar-refractivity contribution in [2.75, 3.05) is 13.7 Å². The molecule has 1 unspecified atom stereocenters. The Bertz CT molecular complexity index is 363. The SMILES string of the molecule is COCCCC(N)C(=O)NCc1ccc(C)cc1. The molecule has 0 radical (unpaired) electrons. The van der Waals surface area contributed by atoms with Crippen molar-refractivity contribution in [2.45, 2.75) is 32.4 Å². The third kappa shape index (κ3) is 5.29. The number of ether oxygens (including phenoxy) is 1. The van der Waals surface area contributed by atoms with Crippen LogP contribution in [-0.2, 0) is 16.1 Å². The molecule has 0 aliphatic heterocycles. The van der Waals surface area contributed by atoms with Gasteiger partial charge in [0.1, 0.15) is 0 Å². The maximum atomic E-state index is 11.7. The van der Waals surface area contributed by atoms with E-state index in [0.29, 0.717) is 19.6 Å². The highest BCUT2D eigenvalue weighted by molar-refractivity contribution is 5.81. The number of nitrogens with one attached hydrogen (secondary N) is 1. The molecule has 0 bridgehead atoms. The minimum absolute atomic E-state index is 0.105. The van der Waals surface area contributed by atoms with Crippen LogP contribution in [0.1, 0.15) is 24.0 Å². The second-order valence-electron chi connectivity index (χ2n) is 4.44. The van der Waals surface area contributed by atoms with Crippen LogP contribution in [0.2, 0.25) is 0 Å². The van der Waals surface area contributed by atoms with E-state index in [0.717, 1.165) is 12.0 Å². The molecule has 4 heteroatoms. The Kier molecular flexibility index (Phi) is 6.39. The second kappa shape index (κ2) is 7.84. The highest BCUT2D eigenvalue weighted by atomic mass is 16.5. The summed E-state index contributed by atoms with van der Waals surface area (Å²) < 4.78 is 4.93. The van der Waals surface area contributed by atoms with Gasteiger partial charge < -0.3 is 15.8 Å². The van der Waals surface area contributed by atoms with Gasteiger partial charge in [-0.3, -0.25) is 4.79 Å². The van der Waals surface area contributed by atoms with E-state index in [1.165, 1.54) is 5.56 Å². The molecule has 1 atom stereocenters. The number of hydrogen-bond acceptors (Lipinski definition) is 3. The van der Waals surface area contributed by atoms with Crippen LogP contribution in [-0.4, -0.2) is 25.7 Å². The van der Waals surface area contributed by atoms with E-state index in [4.69, 9.17) is 10.5 Å². The van der Waals surface area contributed by atoms with E-state index >= 15 is 0 Å². The average molecular weight is 250 g/mol. The Morgan fingerprint density at radius 3 is 2.67 bits per heavy atom. The molecular formula is C14H22N2O2. The molecule has 0 spiro atoms. The molecular weight excluding hydrogens is 228 g/mol. The minimum Gasteiger partial charge on any atom is -0.385 e. The Hall–Kier alpha value is -1.39. The van der Waals surface area contributed by atoms with Gasteiger partial charge in [-0.15, -0.1) is 0 Å². The Balaban J connectivity index is 2.29. The maximum Gasteiger partial charge on any atom is 0.237 e. The fourth-order valence-corrected chi connectivity index (χ4v) is 1.60. The fourth-order valence-electron chi connectivity index (χ4n) is 1.60. The van der Waals surface area contributed by atoms with Crippen LogP contribution in [0.5, 0.6) is 0 Å². The van der Waals surface area contributed by atoms with Crippen molar-refractivity contribution in [1.29, 1.82) is 0 Å². The number of benzene rings is 1. The average Bonchev–Trinajstić information content (AvgIpc) is 2.38. The highest BCUT2D eigenvalue weighted by Gasteiger charge is 2.12. The molecule has 18 heavy (non-hydrogen) atoms. The lowest BCUT2D eigenvalue weighted by atomic mass is 10.1. The number of carbonyl (C=O) groups is 1. The second-order valence-corrected chi connectivity index (χ2v) is 4.44. The van der Waals surface area contributed by atoms with E-state index in [9.17, 15) is 4.79 Å². The standard InChI is InChI=1S/C14H22N2O2/c1-11-5-7-12(8-6-11)10-16-14(17)13(15)4-3-9-18-2/h5-8,13H,3-4,9-10,15H2,1-2H3,(H,16,17). The summed E-state index contributed by atoms with van der Waals surface area (Å²) in [4.78, 5) is 11.7. The van der Waals surface area contributed by atoms with Crippen LogP contribution in [0.25, 0.3) is 0 Å². The zero-order chi connectivity index (χ0) is 13.4. The minimum atomic E-state index is -0.453. The van der Waals surface area contributed by atoms with Gasteiger partial charge >= 0.3 is 0 Å². The van der Waals surface area contributed by atoms with Gasteiger partial charge in [0, 0.05) is 20.3 Å². The third-order valence-corrected chi connectivity index (χ3v) is 2.79. The third-order valence-electron chi connectivity index (χ3n) is 2.79. The molecule has 0 aromatic heterocycles. The number of amides is 1. The first-order valence-electron chi connectivity index (χ1n) is 6.21. The normalized spacial score (nSPS) is 12.2. The lowest BCUT2D eigenvalue weighted by Crippen LogP contribution is -2.40. The predicted molar refractivity (Wildman–Crippen MR) is 72.1 cm³/mol. The fraction of sp³-hybridized carbons (Fsp3) is 0.500. The number of hydrogen-bond donors (Lipinski definition) is 2. The summed E-state index contributed by atoms with van der Waals surface area (Å²) in [7, 11) is 1.64. The number of rotatable bonds is 7. The molecule has 1 aromatic rings. The van der Waals surface area contributed by atoms with E-state index in [2.05, 4.69) is 5.32 Å². The smallest absolute Gasteiger partial charge is 0.237 e. The van der Waals surface area contributed by atoms with Crippen LogP contribution < -0.4 is 11.1 Å². The number of methoxy groups -OCH3 is 1. The van der Waals surface area contributed by atoms with Gasteiger partial charge in [0.05, 0.1) is 6.04 Å². The molecule has 1 aromatic carbocycles. The maximum absolute atomic E-state index is 11.7. The topological polar surface area (TPSA) is 64.3 Å². The van der Waals surface area contributed by atoms with E-state index in [1.807, 2.05) is 31.2 Å². The summed E-state index contributed by atoms with van der Waals surface area (Å²) in [5.74, 6) is -0.105. The lowest BCUT2D eigenvalue weighted by molar-refractivity contribution is -0.122. The summed E-state index contributed by atoms with van der Waals surface area (Å²) >= 11 is 0. The van der Waals surface area contributed by atoms with Gasteiger partial charge in [-0.2, -0.15) is 0 Å². The molecule has 1 rings (SSSR count). The summed E-state index contributed by atoms with van der Waals surface area (Å²) in [5, 5.41) is 2.84. The van der Waals surface area contributed by atoms with Gasteiger partial charge in [0.2, 0.25) is 5.91 Å². The van der Waals surface area contributed by atoms with Crippen LogP contribution >= 0.6 is 0 Å². The Morgan fingerprint density at radius 1 is 1.39 bits per heavy atom.